The fourth-order valence-corrected chi connectivity index (χ4v) is 2.52. The first-order chi connectivity index (χ1) is 9.00. The summed E-state index contributed by atoms with van der Waals surface area (Å²) < 4.78 is 5.84. The van der Waals surface area contributed by atoms with Crippen molar-refractivity contribution in [2.24, 2.45) is 11.3 Å². The van der Waals surface area contributed by atoms with E-state index in [-0.39, 0.29) is 11.5 Å². The fourth-order valence-electron chi connectivity index (χ4n) is 2.52. The molecule has 0 saturated carbocycles. The van der Waals surface area contributed by atoms with Crippen molar-refractivity contribution in [2.75, 3.05) is 18.5 Å². The first kappa shape index (κ1) is 13.8. The Labute approximate surface area is 114 Å². The average molecular weight is 260 g/mol. The van der Waals surface area contributed by atoms with Gasteiger partial charge in [0.15, 0.2) is 5.69 Å². The van der Waals surface area contributed by atoms with E-state index in [4.69, 9.17) is 10.00 Å². The van der Waals surface area contributed by atoms with Gasteiger partial charge >= 0.3 is 0 Å². The van der Waals surface area contributed by atoms with E-state index in [9.17, 15) is 0 Å². The second-order valence-electron chi connectivity index (χ2n) is 6.00. The van der Waals surface area contributed by atoms with Crippen LogP contribution in [0, 0.1) is 22.7 Å². The van der Waals surface area contributed by atoms with Gasteiger partial charge in [-0.2, -0.15) is 5.26 Å². The molecule has 1 fully saturated rings. The molecule has 5 heteroatoms. The lowest BCUT2D eigenvalue weighted by atomic mass is 9.81. The topological polar surface area (TPSA) is 70.8 Å². The normalized spacial score (nSPS) is 23.1. The van der Waals surface area contributed by atoms with Crippen LogP contribution in [-0.2, 0) is 4.74 Å². The van der Waals surface area contributed by atoms with Gasteiger partial charge in [-0.3, -0.25) is 0 Å². The third-order valence-electron chi connectivity index (χ3n) is 3.39. The molecule has 0 bridgehead atoms. The average Bonchev–Trinajstić information content (AvgIpc) is 2.85. The van der Waals surface area contributed by atoms with Crippen LogP contribution in [0.1, 0.15) is 32.9 Å². The number of hydrogen-bond donors (Lipinski definition) is 1. The number of nitriles is 1. The molecule has 0 aliphatic carbocycles. The van der Waals surface area contributed by atoms with Crippen molar-refractivity contribution >= 4 is 5.82 Å². The molecule has 0 aromatic carbocycles. The SMILES string of the molecule is CC(C)(C)[C@H]1OCC[C@@H]1CNc1ccc(C#N)nn1. The molecule has 19 heavy (non-hydrogen) atoms. The molecule has 1 saturated heterocycles. The van der Waals surface area contributed by atoms with E-state index in [1.807, 2.05) is 6.07 Å². The molecule has 5 nitrogen and oxygen atoms in total. The number of nitrogens with zero attached hydrogens (tertiary/aromatic N) is 3. The van der Waals surface area contributed by atoms with Crippen molar-refractivity contribution in [3.63, 3.8) is 0 Å². The maximum Gasteiger partial charge on any atom is 0.163 e. The highest BCUT2D eigenvalue weighted by molar-refractivity contribution is 5.35. The summed E-state index contributed by atoms with van der Waals surface area (Å²) in [7, 11) is 0. The number of rotatable bonds is 3. The summed E-state index contributed by atoms with van der Waals surface area (Å²) in [6, 6.07) is 5.41. The van der Waals surface area contributed by atoms with Crippen LogP contribution in [0.3, 0.4) is 0 Å². The Morgan fingerprint density at radius 2 is 2.21 bits per heavy atom. The molecular weight excluding hydrogens is 240 g/mol. The van der Waals surface area contributed by atoms with E-state index >= 15 is 0 Å². The van der Waals surface area contributed by atoms with Gasteiger partial charge in [0, 0.05) is 19.1 Å². The maximum absolute atomic E-state index is 8.67. The maximum atomic E-state index is 8.67. The van der Waals surface area contributed by atoms with Crippen LogP contribution >= 0.6 is 0 Å². The summed E-state index contributed by atoms with van der Waals surface area (Å²) in [6.45, 7) is 8.27. The predicted molar refractivity (Wildman–Crippen MR) is 72.5 cm³/mol. The molecule has 102 valence electrons. The Morgan fingerprint density at radius 3 is 2.79 bits per heavy atom. The van der Waals surface area contributed by atoms with Gasteiger partial charge in [-0.1, -0.05) is 20.8 Å². The lowest BCUT2D eigenvalue weighted by Gasteiger charge is -2.31. The van der Waals surface area contributed by atoms with E-state index < -0.39 is 0 Å². The van der Waals surface area contributed by atoms with Gasteiger partial charge in [-0.25, -0.2) is 0 Å². The first-order valence-corrected chi connectivity index (χ1v) is 6.60. The molecule has 2 heterocycles. The minimum absolute atomic E-state index is 0.152. The summed E-state index contributed by atoms with van der Waals surface area (Å²) in [5, 5.41) is 19.7. The zero-order valence-electron chi connectivity index (χ0n) is 11.7. The van der Waals surface area contributed by atoms with Gasteiger partial charge < -0.3 is 10.1 Å². The summed E-state index contributed by atoms with van der Waals surface area (Å²) in [4.78, 5) is 0. The van der Waals surface area contributed by atoms with Gasteiger partial charge in [0.1, 0.15) is 11.9 Å². The van der Waals surface area contributed by atoms with Crippen molar-refractivity contribution in [3.8, 4) is 6.07 Å². The first-order valence-electron chi connectivity index (χ1n) is 6.60. The number of hydrogen-bond acceptors (Lipinski definition) is 5. The summed E-state index contributed by atoms with van der Waals surface area (Å²) in [5.41, 5.74) is 0.487. The van der Waals surface area contributed by atoms with E-state index in [0.717, 1.165) is 19.6 Å². The van der Waals surface area contributed by atoms with Crippen LogP contribution in [0.25, 0.3) is 0 Å². The second kappa shape index (κ2) is 5.54. The summed E-state index contributed by atoms with van der Waals surface area (Å²) in [5.74, 6) is 1.19. The zero-order valence-corrected chi connectivity index (χ0v) is 11.7. The van der Waals surface area contributed by atoms with Crippen LogP contribution in [0.4, 0.5) is 5.82 Å². The second-order valence-corrected chi connectivity index (χ2v) is 6.00. The van der Waals surface area contributed by atoms with Gasteiger partial charge in [-0.15, -0.1) is 10.2 Å². The Bertz CT molecular complexity index is 458. The minimum atomic E-state index is 0.152. The molecule has 1 aliphatic heterocycles. The molecule has 1 aromatic rings. The van der Waals surface area contributed by atoms with Crippen LogP contribution in [0.15, 0.2) is 12.1 Å². The smallest absolute Gasteiger partial charge is 0.163 e. The number of ether oxygens (including phenoxy) is 1. The molecular formula is C14H20N4O. The molecule has 1 aromatic heterocycles. The van der Waals surface area contributed by atoms with E-state index in [1.165, 1.54) is 0 Å². The molecule has 0 spiro atoms. The van der Waals surface area contributed by atoms with Gasteiger partial charge in [0.05, 0.1) is 6.10 Å². The van der Waals surface area contributed by atoms with Gasteiger partial charge in [0.2, 0.25) is 0 Å². The van der Waals surface area contributed by atoms with E-state index in [1.54, 1.807) is 12.1 Å². The van der Waals surface area contributed by atoms with E-state index in [0.29, 0.717) is 17.4 Å². The van der Waals surface area contributed by atoms with Crippen LogP contribution in [0.2, 0.25) is 0 Å². The van der Waals surface area contributed by atoms with Gasteiger partial charge in [-0.05, 0) is 24.0 Å². The Balaban J connectivity index is 1.93. The van der Waals surface area contributed by atoms with Crippen molar-refractivity contribution in [1.82, 2.24) is 10.2 Å². The van der Waals surface area contributed by atoms with Crippen molar-refractivity contribution < 1.29 is 4.74 Å². The fraction of sp³-hybridized carbons (Fsp3) is 0.643. The standard InChI is InChI=1S/C14H20N4O/c1-14(2,3)13-10(6-7-19-13)9-16-12-5-4-11(8-15)17-18-12/h4-5,10,13H,6-7,9H2,1-3H3,(H,16,18)/t10-,13+/m1/s1. The third-order valence-corrected chi connectivity index (χ3v) is 3.39. The molecule has 0 radical (unpaired) electrons. The predicted octanol–water partition coefficient (Wildman–Crippen LogP) is 2.21. The monoisotopic (exact) mass is 260 g/mol. The quantitative estimate of drug-likeness (QED) is 0.902. The zero-order chi connectivity index (χ0) is 13.9. The van der Waals surface area contributed by atoms with E-state index in [2.05, 4.69) is 36.3 Å². The molecule has 1 N–H and O–H groups in total. The van der Waals surface area contributed by atoms with Crippen molar-refractivity contribution in [2.45, 2.75) is 33.3 Å². The van der Waals surface area contributed by atoms with Crippen LogP contribution < -0.4 is 5.32 Å². The van der Waals surface area contributed by atoms with Crippen LogP contribution in [-0.4, -0.2) is 29.5 Å². The Kier molecular flexibility index (Phi) is 4.01. The minimum Gasteiger partial charge on any atom is -0.377 e. The highest BCUT2D eigenvalue weighted by Gasteiger charge is 2.36. The summed E-state index contributed by atoms with van der Waals surface area (Å²) in [6.07, 6.45) is 1.34. The van der Waals surface area contributed by atoms with Gasteiger partial charge in [0.25, 0.3) is 0 Å². The number of aromatic nitrogens is 2. The highest BCUT2D eigenvalue weighted by Crippen LogP contribution is 2.34. The number of anilines is 1. The molecule has 2 atom stereocenters. The summed E-state index contributed by atoms with van der Waals surface area (Å²) >= 11 is 0. The van der Waals surface area contributed by atoms with Crippen molar-refractivity contribution in [3.05, 3.63) is 17.8 Å². The van der Waals surface area contributed by atoms with Crippen molar-refractivity contribution in [1.29, 1.82) is 5.26 Å². The number of nitrogens with one attached hydrogen (secondary N) is 1. The largest absolute Gasteiger partial charge is 0.377 e. The molecule has 0 unspecified atom stereocenters. The third kappa shape index (κ3) is 3.42. The lowest BCUT2D eigenvalue weighted by Crippen LogP contribution is -2.34. The molecule has 0 amide bonds. The highest BCUT2D eigenvalue weighted by atomic mass is 16.5. The Hall–Kier alpha value is -1.67. The van der Waals surface area contributed by atoms with Crippen LogP contribution in [0.5, 0.6) is 0 Å². The molecule has 1 aliphatic rings. The molecule has 2 rings (SSSR count). The lowest BCUT2D eigenvalue weighted by molar-refractivity contribution is 0.00956. The Morgan fingerprint density at radius 1 is 1.42 bits per heavy atom.